The van der Waals surface area contributed by atoms with Crippen LogP contribution in [0.4, 0.5) is 0 Å². The Morgan fingerprint density at radius 1 is 1.11 bits per heavy atom. The number of aryl methyl sites for hydroxylation is 1. The predicted molar refractivity (Wildman–Crippen MR) is 75.9 cm³/mol. The molecule has 2 nitrogen and oxygen atoms in total. The van der Waals surface area contributed by atoms with E-state index < -0.39 is 0 Å². The molecule has 0 aliphatic carbocycles. The van der Waals surface area contributed by atoms with Gasteiger partial charge in [-0.05, 0) is 36.2 Å². The Kier molecular flexibility index (Phi) is 4.60. The Bertz CT molecular complexity index is 592. The highest BCUT2D eigenvalue weighted by atomic mass is 16.5. The highest BCUT2D eigenvalue weighted by molar-refractivity contribution is 5.44. The van der Waals surface area contributed by atoms with Crippen molar-refractivity contribution in [3.8, 4) is 17.6 Å². The standard InChI is InChI=1S/C17H16O2/c1-14-12-17(10-9-16(14)8-5-11-18)19-13-15-6-3-2-4-7-15/h2-4,6-7,9-10,12,18H,11,13H2,1H3. The van der Waals surface area contributed by atoms with E-state index in [2.05, 4.69) is 11.8 Å². The monoisotopic (exact) mass is 252 g/mol. The minimum atomic E-state index is -0.119. The molecule has 0 radical (unpaired) electrons. The SMILES string of the molecule is Cc1cc(OCc2ccccc2)ccc1C#CCO. The van der Waals surface area contributed by atoms with E-state index in [1.165, 1.54) is 0 Å². The van der Waals surface area contributed by atoms with E-state index in [0.29, 0.717) is 6.61 Å². The van der Waals surface area contributed by atoms with E-state index >= 15 is 0 Å². The lowest BCUT2D eigenvalue weighted by atomic mass is 10.1. The minimum Gasteiger partial charge on any atom is -0.489 e. The molecule has 2 aromatic rings. The van der Waals surface area contributed by atoms with Crippen molar-refractivity contribution in [2.45, 2.75) is 13.5 Å². The maximum atomic E-state index is 8.69. The van der Waals surface area contributed by atoms with Gasteiger partial charge in [0.1, 0.15) is 19.0 Å². The first-order valence-electron chi connectivity index (χ1n) is 6.16. The van der Waals surface area contributed by atoms with E-state index in [1.807, 2.05) is 55.5 Å². The van der Waals surface area contributed by atoms with Crippen molar-refractivity contribution in [1.29, 1.82) is 0 Å². The van der Waals surface area contributed by atoms with Gasteiger partial charge in [0.05, 0.1) is 0 Å². The predicted octanol–water partition coefficient (Wildman–Crippen LogP) is 2.92. The van der Waals surface area contributed by atoms with Crippen LogP contribution in [0, 0.1) is 18.8 Å². The fraction of sp³-hybridized carbons (Fsp3) is 0.176. The molecule has 2 heteroatoms. The van der Waals surface area contributed by atoms with Gasteiger partial charge in [-0.25, -0.2) is 0 Å². The normalized spacial score (nSPS) is 9.58. The van der Waals surface area contributed by atoms with Gasteiger partial charge in [-0.2, -0.15) is 0 Å². The van der Waals surface area contributed by atoms with E-state index in [0.717, 1.165) is 22.4 Å². The maximum Gasteiger partial charge on any atom is 0.120 e. The lowest BCUT2D eigenvalue weighted by Crippen LogP contribution is -1.95. The van der Waals surface area contributed by atoms with Gasteiger partial charge < -0.3 is 9.84 Å². The molecule has 0 aliphatic rings. The van der Waals surface area contributed by atoms with Crippen LogP contribution in [-0.4, -0.2) is 11.7 Å². The van der Waals surface area contributed by atoms with Gasteiger partial charge in [-0.1, -0.05) is 42.2 Å². The molecule has 0 atom stereocenters. The highest BCUT2D eigenvalue weighted by Gasteiger charge is 1.99. The molecule has 0 saturated heterocycles. The summed E-state index contributed by atoms with van der Waals surface area (Å²) >= 11 is 0. The summed E-state index contributed by atoms with van der Waals surface area (Å²) in [6.45, 7) is 2.42. The van der Waals surface area contributed by atoms with Crippen LogP contribution < -0.4 is 4.74 Å². The second-order valence-corrected chi connectivity index (χ2v) is 4.21. The van der Waals surface area contributed by atoms with Crippen LogP contribution in [0.25, 0.3) is 0 Å². The van der Waals surface area contributed by atoms with E-state index in [4.69, 9.17) is 9.84 Å². The topological polar surface area (TPSA) is 29.5 Å². The lowest BCUT2D eigenvalue weighted by molar-refractivity contribution is 0.306. The van der Waals surface area contributed by atoms with Crippen molar-refractivity contribution in [2.24, 2.45) is 0 Å². The molecule has 0 unspecified atom stereocenters. The number of hydrogen-bond acceptors (Lipinski definition) is 2. The highest BCUT2D eigenvalue weighted by Crippen LogP contribution is 2.17. The summed E-state index contributed by atoms with van der Waals surface area (Å²) < 4.78 is 5.73. The third-order valence-electron chi connectivity index (χ3n) is 2.75. The number of hydrogen-bond donors (Lipinski definition) is 1. The summed E-state index contributed by atoms with van der Waals surface area (Å²) in [5, 5.41) is 8.69. The van der Waals surface area contributed by atoms with Crippen LogP contribution in [0.1, 0.15) is 16.7 Å². The number of benzene rings is 2. The van der Waals surface area contributed by atoms with Gasteiger partial charge >= 0.3 is 0 Å². The van der Waals surface area contributed by atoms with Gasteiger partial charge in [0.15, 0.2) is 0 Å². The lowest BCUT2D eigenvalue weighted by Gasteiger charge is -2.08. The largest absolute Gasteiger partial charge is 0.489 e. The number of ether oxygens (including phenoxy) is 1. The van der Waals surface area contributed by atoms with Crippen molar-refractivity contribution in [1.82, 2.24) is 0 Å². The molecule has 0 heterocycles. The third-order valence-corrected chi connectivity index (χ3v) is 2.75. The third kappa shape index (κ3) is 3.87. The van der Waals surface area contributed by atoms with Crippen LogP contribution in [0.3, 0.4) is 0 Å². The van der Waals surface area contributed by atoms with Crippen LogP contribution in [0.2, 0.25) is 0 Å². The molecule has 0 fully saturated rings. The van der Waals surface area contributed by atoms with Gasteiger partial charge in [-0.15, -0.1) is 0 Å². The molecule has 0 bridgehead atoms. The number of aliphatic hydroxyl groups is 1. The summed E-state index contributed by atoms with van der Waals surface area (Å²) in [4.78, 5) is 0. The van der Waals surface area contributed by atoms with Crippen molar-refractivity contribution in [3.63, 3.8) is 0 Å². The number of aliphatic hydroxyl groups excluding tert-OH is 1. The second kappa shape index (κ2) is 6.63. The molecule has 2 rings (SSSR count). The van der Waals surface area contributed by atoms with E-state index in [9.17, 15) is 0 Å². The van der Waals surface area contributed by atoms with E-state index in [1.54, 1.807) is 0 Å². The fourth-order valence-electron chi connectivity index (χ4n) is 1.74. The van der Waals surface area contributed by atoms with Gasteiger partial charge in [0.2, 0.25) is 0 Å². The van der Waals surface area contributed by atoms with Crippen molar-refractivity contribution < 1.29 is 9.84 Å². The van der Waals surface area contributed by atoms with Gasteiger partial charge in [0, 0.05) is 5.56 Å². The molecular weight excluding hydrogens is 236 g/mol. The number of rotatable bonds is 3. The van der Waals surface area contributed by atoms with Crippen molar-refractivity contribution in [2.75, 3.05) is 6.61 Å². The summed E-state index contributed by atoms with van der Waals surface area (Å²) in [5.41, 5.74) is 3.11. The molecule has 0 spiro atoms. The molecule has 19 heavy (non-hydrogen) atoms. The van der Waals surface area contributed by atoms with Crippen LogP contribution in [-0.2, 0) is 6.61 Å². The molecule has 1 N–H and O–H groups in total. The zero-order valence-electron chi connectivity index (χ0n) is 10.9. The zero-order valence-corrected chi connectivity index (χ0v) is 10.9. The molecule has 0 aliphatic heterocycles. The van der Waals surface area contributed by atoms with Gasteiger partial charge in [0.25, 0.3) is 0 Å². The smallest absolute Gasteiger partial charge is 0.120 e. The van der Waals surface area contributed by atoms with Crippen molar-refractivity contribution >= 4 is 0 Å². The molecule has 96 valence electrons. The first-order valence-corrected chi connectivity index (χ1v) is 6.16. The van der Waals surface area contributed by atoms with Gasteiger partial charge in [-0.3, -0.25) is 0 Å². The van der Waals surface area contributed by atoms with Crippen molar-refractivity contribution in [3.05, 3.63) is 65.2 Å². The average molecular weight is 252 g/mol. The molecule has 2 aromatic carbocycles. The fourth-order valence-corrected chi connectivity index (χ4v) is 1.74. The van der Waals surface area contributed by atoms with Crippen LogP contribution >= 0.6 is 0 Å². The Balaban J connectivity index is 2.04. The Morgan fingerprint density at radius 2 is 1.89 bits per heavy atom. The summed E-state index contributed by atoms with van der Waals surface area (Å²) in [6.07, 6.45) is 0. The molecule has 0 saturated carbocycles. The Morgan fingerprint density at radius 3 is 2.58 bits per heavy atom. The Hall–Kier alpha value is -2.24. The molecule has 0 amide bonds. The Labute approximate surface area is 113 Å². The summed E-state index contributed by atoms with van der Waals surface area (Å²) in [5.74, 6) is 6.39. The summed E-state index contributed by atoms with van der Waals surface area (Å²) in [6, 6.07) is 15.8. The second-order valence-electron chi connectivity index (χ2n) is 4.21. The van der Waals surface area contributed by atoms with Crippen LogP contribution in [0.5, 0.6) is 5.75 Å². The average Bonchev–Trinajstić information content (AvgIpc) is 2.45. The first kappa shape index (κ1) is 13.2. The quantitative estimate of drug-likeness (QED) is 0.851. The zero-order chi connectivity index (χ0) is 13.5. The first-order chi connectivity index (χ1) is 9.29. The van der Waals surface area contributed by atoms with E-state index in [-0.39, 0.29) is 6.61 Å². The minimum absolute atomic E-state index is 0.119. The summed E-state index contributed by atoms with van der Waals surface area (Å²) in [7, 11) is 0. The maximum absolute atomic E-state index is 8.69. The molecule has 0 aromatic heterocycles. The van der Waals surface area contributed by atoms with Crippen LogP contribution in [0.15, 0.2) is 48.5 Å². The molecular formula is C17H16O2.